The minimum Gasteiger partial charge on any atom is -0.506 e. The fraction of sp³-hybridized carbons (Fsp3) is 0.0909. The molecule has 0 radical (unpaired) electrons. The van der Waals surface area contributed by atoms with Crippen molar-refractivity contribution in [1.29, 1.82) is 5.26 Å². The molecule has 4 nitrogen and oxygen atoms in total. The molecule has 0 unspecified atom stereocenters. The van der Waals surface area contributed by atoms with E-state index < -0.39 is 0 Å². The molecule has 2 N–H and O–H groups in total. The monoisotopic (exact) mass is 202 g/mol. The molecule has 0 aliphatic rings. The number of carbonyl (C=O) groups is 1. The number of carbonyl (C=O) groups excluding carboxylic acids is 1. The molecule has 1 aromatic carbocycles. The van der Waals surface area contributed by atoms with Crippen LogP contribution in [0.2, 0.25) is 0 Å². The van der Waals surface area contributed by atoms with E-state index in [0.29, 0.717) is 11.3 Å². The molecule has 1 aromatic rings. The first kappa shape index (κ1) is 10.8. The molecule has 0 fully saturated rings. The van der Waals surface area contributed by atoms with Crippen LogP contribution in [0, 0.1) is 11.3 Å². The van der Waals surface area contributed by atoms with E-state index in [4.69, 9.17) is 5.26 Å². The van der Waals surface area contributed by atoms with Crippen molar-refractivity contribution in [2.75, 3.05) is 5.32 Å². The number of nitrogens with one attached hydrogen (secondary N) is 1. The summed E-state index contributed by atoms with van der Waals surface area (Å²) < 4.78 is 0. The molecule has 15 heavy (non-hydrogen) atoms. The first-order valence-corrected chi connectivity index (χ1v) is 4.24. The number of phenolic OH excluding ortho intramolecular Hbond substituents is 1. The second kappa shape index (κ2) is 4.29. The lowest BCUT2D eigenvalue weighted by Crippen LogP contribution is -2.11. The zero-order valence-electron chi connectivity index (χ0n) is 8.24. The van der Waals surface area contributed by atoms with Crippen LogP contribution in [0.5, 0.6) is 5.75 Å². The summed E-state index contributed by atoms with van der Waals surface area (Å²) >= 11 is 0. The van der Waals surface area contributed by atoms with E-state index in [0.717, 1.165) is 0 Å². The Bertz CT molecular complexity index is 458. The third-order valence-corrected chi connectivity index (χ3v) is 1.76. The van der Waals surface area contributed by atoms with Gasteiger partial charge in [0.1, 0.15) is 11.8 Å². The third kappa shape index (κ3) is 2.58. The number of nitriles is 1. The van der Waals surface area contributed by atoms with Gasteiger partial charge >= 0.3 is 0 Å². The van der Waals surface area contributed by atoms with Crippen LogP contribution in [0.1, 0.15) is 12.5 Å². The quantitative estimate of drug-likeness (QED) is 0.718. The zero-order chi connectivity index (χ0) is 11.4. The van der Waals surface area contributed by atoms with Crippen LogP contribution in [0.3, 0.4) is 0 Å². The fourth-order valence-corrected chi connectivity index (χ4v) is 0.942. The van der Waals surface area contributed by atoms with Crippen molar-refractivity contribution in [2.45, 2.75) is 6.92 Å². The first-order chi connectivity index (χ1) is 7.04. The van der Waals surface area contributed by atoms with Crippen molar-refractivity contribution in [3.63, 3.8) is 0 Å². The molecule has 0 aliphatic heterocycles. The lowest BCUT2D eigenvalue weighted by Gasteiger charge is -2.05. The highest BCUT2D eigenvalue weighted by atomic mass is 16.3. The van der Waals surface area contributed by atoms with E-state index in [1.54, 1.807) is 13.0 Å². The molecule has 0 bridgehead atoms. The standard InChI is InChI=1S/C11H10N2O2/c1-7(2)11(15)13-9-4-3-8(6-12)10(14)5-9/h3-5,14H,1H2,2H3,(H,13,15). The van der Waals surface area contributed by atoms with E-state index >= 15 is 0 Å². The van der Waals surface area contributed by atoms with E-state index in [2.05, 4.69) is 11.9 Å². The van der Waals surface area contributed by atoms with Crippen LogP contribution >= 0.6 is 0 Å². The number of nitrogens with zero attached hydrogens (tertiary/aromatic N) is 1. The van der Waals surface area contributed by atoms with Gasteiger partial charge in [-0.2, -0.15) is 5.26 Å². The van der Waals surface area contributed by atoms with Gasteiger partial charge in [-0.1, -0.05) is 6.58 Å². The van der Waals surface area contributed by atoms with Crippen molar-refractivity contribution in [2.24, 2.45) is 0 Å². The Morgan fingerprint density at radius 3 is 2.73 bits per heavy atom. The molecule has 1 rings (SSSR count). The Morgan fingerprint density at radius 2 is 2.27 bits per heavy atom. The largest absolute Gasteiger partial charge is 0.506 e. The predicted octanol–water partition coefficient (Wildman–Crippen LogP) is 1.78. The number of anilines is 1. The molecule has 0 heterocycles. The van der Waals surface area contributed by atoms with Crippen LogP contribution in [0.4, 0.5) is 5.69 Å². The number of benzene rings is 1. The van der Waals surface area contributed by atoms with Gasteiger partial charge in [0.25, 0.3) is 5.91 Å². The number of rotatable bonds is 2. The number of aromatic hydroxyl groups is 1. The zero-order valence-corrected chi connectivity index (χ0v) is 8.24. The van der Waals surface area contributed by atoms with Gasteiger partial charge in [-0.15, -0.1) is 0 Å². The average Bonchev–Trinajstić information content (AvgIpc) is 2.18. The Labute approximate surface area is 87.5 Å². The van der Waals surface area contributed by atoms with Crippen LogP contribution in [0.25, 0.3) is 0 Å². The second-order valence-corrected chi connectivity index (χ2v) is 3.08. The summed E-state index contributed by atoms with van der Waals surface area (Å²) in [6.07, 6.45) is 0. The minimum atomic E-state index is -0.320. The maximum absolute atomic E-state index is 11.2. The van der Waals surface area contributed by atoms with Crippen LogP contribution in [-0.2, 0) is 4.79 Å². The van der Waals surface area contributed by atoms with Crippen molar-refractivity contribution in [3.8, 4) is 11.8 Å². The molecule has 0 atom stereocenters. The van der Waals surface area contributed by atoms with Gasteiger partial charge in [0.05, 0.1) is 5.56 Å². The summed E-state index contributed by atoms with van der Waals surface area (Å²) in [7, 11) is 0. The Kier molecular flexibility index (Phi) is 3.09. The lowest BCUT2D eigenvalue weighted by molar-refractivity contribution is -0.112. The van der Waals surface area contributed by atoms with E-state index in [-0.39, 0.29) is 17.2 Å². The molecule has 1 amide bonds. The lowest BCUT2D eigenvalue weighted by atomic mass is 10.2. The van der Waals surface area contributed by atoms with Gasteiger partial charge in [-0.3, -0.25) is 4.79 Å². The highest BCUT2D eigenvalue weighted by Crippen LogP contribution is 2.21. The van der Waals surface area contributed by atoms with Gasteiger partial charge in [-0.25, -0.2) is 0 Å². The predicted molar refractivity (Wildman–Crippen MR) is 56.3 cm³/mol. The van der Waals surface area contributed by atoms with Gasteiger partial charge in [0, 0.05) is 17.3 Å². The maximum Gasteiger partial charge on any atom is 0.250 e. The van der Waals surface area contributed by atoms with Crippen molar-refractivity contribution < 1.29 is 9.90 Å². The fourth-order valence-electron chi connectivity index (χ4n) is 0.942. The topological polar surface area (TPSA) is 73.1 Å². The summed E-state index contributed by atoms with van der Waals surface area (Å²) in [6, 6.07) is 6.11. The first-order valence-electron chi connectivity index (χ1n) is 4.24. The Hall–Kier alpha value is -2.28. The molecule has 0 aliphatic carbocycles. The van der Waals surface area contributed by atoms with Crippen molar-refractivity contribution in [1.82, 2.24) is 0 Å². The highest BCUT2D eigenvalue weighted by molar-refractivity contribution is 6.02. The number of amides is 1. The molecular formula is C11H10N2O2. The molecule has 0 saturated carbocycles. The van der Waals surface area contributed by atoms with Crippen LogP contribution < -0.4 is 5.32 Å². The van der Waals surface area contributed by atoms with Gasteiger partial charge < -0.3 is 10.4 Å². The minimum absolute atomic E-state index is 0.156. The van der Waals surface area contributed by atoms with Crippen LogP contribution in [0.15, 0.2) is 30.4 Å². The van der Waals surface area contributed by atoms with E-state index in [9.17, 15) is 9.90 Å². The van der Waals surface area contributed by atoms with Gasteiger partial charge in [0.2, 0.25) is 0 Å². The van der Waals surface area contributed by atoms with Crippen molar-refractivity contribution >= 4 is 11.6 Å². The number of phenols is 1. The Balaban J connectivity index is 2.90. The molecular weight excluding hydrogens is 192 g/mol. The molecule has 4 heteroatoms. The smallest absolute Gasteiger partial charge is 0.250 e. The van der Waals surface area contributed by atoms with Crippen LogP contribution in [-0.4, -0.2) is 11.0 Å². The molecule has 76 valence electrons. The summed E-state index contributed by atoms with van der Waals surface area (Å²) in [5.74, 6) is -0.476. The molecule has 0 saturated heterocycles. The summed E-state index contributed by atoms with van der Waals surface area (Å²) in [4.78, 5) is 11.2. The van der Waals surface area contributed by atoms with E-state index in [1.165, 1.54) is 12.1 Å². The summed E-state index contributed by atoms with van der Waals surface area (Å²) in [5.41, 5.74) is 0.974. The van der Waals surface area contributed by atoms with Crippen molar-refractivity contribution in [3.05, 3.63) is 35.9 Å². The normalized spacial score (nSPS) is 9.07. The number of hydrogen-bond acceptors (Lipinski definition) is 3. The summed E-state index contributed by atoms with van der Waals surface area (Å²) in [6.45, 7) is 5.06. The van der Waals surface area contributed by atoms with Gasteiger partial charge in [-0.05, 0) is 19.1 Å². The van der Waals surface area contributed by atoms with E-state index in [1.807, 2.05) is 6.07 Å². The molecule has 0 spiro atoms. The summed E-state index contributed by atoms with van der Waals surface area (Å²) in [5, 5.41) is 20.4. The Morgan fingerprint density at radius 1 is 1.60 bits per heavy atom. The number of hydrogen-bond donors (Lipinski definition) is 2. The SMILES string of the molecule is C=C(C)C(=O)Nc1ccc(C#N)c(O)c1. The van der Waals surface area contributed by atoms with Gasteiger partial charge in [0.15, 0.2) is 0 Å². The second-order valence-electron chi connectivity index (χ2n) is 3.08. The maximum atomic E-state index is 11.2. The average molecular weight is 202 g/mol. The molecule has 0 aromatic heterocycles. The third-order valence-electron chi connectivity index (χ3n) is 1.76. The highest BCUT2D eigenvalue weighted by Gasteiger charge is 2.05.